The molecule has 0 atom stereocenters. The summed E-state index contributed by atoms with van der Waals surface area (Å²) < 4.78 is 0. The molecule has 5 heteroatoms. The highest BCUT2D eigenvalue weighted by molar-refractivity contribution is 5.92. The second kappa shape index (κ2) is 6.79. The van der Waals surface area contributed by atoms with Crippen molar-refractivity contribution < 1.29 is 4.79 Å². The predicted molar refractivity (Wildman–Crippen MR) is 64.2 cm³/mol. The zero-order valence-electron chi connectivity index (χ0n) is 9.28. The molecule has 1 aromatic rings. The first-order valence-electron chi connectivity index (χ1n) is 5.44. The molecule has 0 aliphatic heterocycles. The molecule has 0 spiro atoms. The molecular weight excluding hydrogens is 204 g/mol. The molecule has 88 valence electrons. The number of unbranched alkanes of at least 4 members (excludes halogenated alkanes) is 2. The number of nitrogens with one attached hydrogen (secondary N) is 1. The van der Waals surface area contributed by atoms with Gasteiger partial charge in [-0.25, -0.2) is 4.98 Å². The van der Waals surface area contributed by atoms with Crippen LogP contribution in [-0.2, 0) is 0 Å². The fourth-order valence-electron chi connectivity index (χ4n) is 1.31. The Morgan fingerprint density at radius 1 is 1.31 bits per heavy atom. The van der Waals surface area contributed by atoms with E-state index in [1.54, 1.807) is 12.1 Å². The van der Waals surface area contributed by atoms with E-state index in [2.05, 4.69) is 10.3 Å². The molecule has 16 heavy (non-hydrogen) atoms. The van der Waals surface area contributed by atoms with Crippen LogP contribution < -0.4 is 16.8 Å². The van der Waals surface area contributed by atoms with Crippen molar-refractivity contribution in [3.8, 4) is 0 Å². The summed E-state index contributed by atoms with van der Waals surface area (Å²) in [5.41, 5.74) is 10.9. The highest BCUT2D eigenvalue weighted by atomic mass is 16.1. The van der Waals surface area contributed by atoms with Crippen molar-refractivity contribution in [1.29, 1.82) is 0 Å². The van der Waals surface area contributed by atoms with Gasteiger partial charge in [-0.3, -0.25) is 4.79 Å². The average molecular weight is 222 g/mol. The van der Waals surface area contributed by atoms with Crippen molar-refractivity contribution >= 4 is 11.7 Å². The van der Waals surface area contributed by atoms with Gasteiger partial charge < -0.3 is 16.8 Å². The summed E-state index contributed by atoms with van der Waals surface area (Å²) in [6, 6.07) is 3.42. The number of nitrogens with zero attached hydrogens (tertiary/aromatic N) is 1. The van der Waals surface area contributed by atoms with Crippen LogP contribution in [0.3, 0.4) is 0 Å². The predicted octanol–water partition coefficient (Wildman–Crippen LogP) is 0.721. The van der Waals surface area contributed by atoms with Crippen LogP contribution in [0.1, 0.15) is 29.6 Å². The minimum atomic E-state index is -0.456. The number of rotatable bonds is 7. The first-order chi connectivity index (χ1) is 7.74. The number of hydrogen-bond acceptors (Lipinski definition) is 4. The van der Waals surface area contributed by atoms with Gasteiger partial charge >= 0.3 is 0 Å². The van der Waals surface area contributed by atoms with Gasteiger partial charge in [-0.05, 0) is 31.5 Å². The Morgan fingerprint density at radius 3 is 2.69 bits per heavy atom. The molecule has 0 fully saturated rings. The maximum Gasteiger partial charge on any atom is 0.250 e. The second-order valence-electron chi connectivity index (χ2n) is 3.57. The van der Waals surface area contributed by atoms with Crippen LogP contribution in [0.4, 0.5) is 5.82 Å². The molecule has 0 unspecified atom stereocenters. The first kappa shape index (κ1) is 12.4. The lowest BCUT2D eigenvalue weighted by atomic mass is 10.2. The highest BCUT2D eigenvalue weighted by Gasteiger charge is 2.00. The number of pyridine rings is 1. The number of aromatic nitrogens is 1. The van der Waals surface area contributed by atoms with Gasteiger partial charge in [-0.15, -0.1) is 0 Å². The summed E-state index contributed by atoms with van der Waals surface area (Å²) in [4.78, 5) is 14.9. The molecule has 0 saturated heterocycles. The topological polar surface area (TPSA) is 94.0 Å². The van der Waals surface area contributed by atoms with Crippen molar-refractivity contribution in [2.75, 3.05) is 18.4 Å². The second-order valence-corrected chi connectivity index (χ2v) is 3.57. The van der Waals surface area contributed by atoms with E-state index in [0.717, 1.165) is 38.2 Å². The lowest BCUT2D eigenvalue weighted by Crippen LogP contribution is -2.11. The van der Waals surface area contributed by atoms with Crippen molar-refractivity contribution in [2.24, 2.45) is 11.5 Å². The van der Waals surface area contributed by atoms with Crippen LogP contribution in [0.5, 0.6) is 0 Å². The lowest BCUT2D eigenvalue weighted by molar-refractivity contribution is 0.1000. The summed E-state index contributed by atoms with van der Waals surface area (Å²) in [7, 11) is 0. The number of anilines is 1. The third kappa shape index (κ3) is 4.27. The summed E-state index contributed by atoms with van der Waals surface area (Å²) in [5.74, 6) is 0.305. The molecule has 1 aromatic heterocycles. The molecule has 0 aliphatic carbocycles. The van der Waals surface area contributed by atoms with Crippen molar-refractivity contribution in [2.45, 2.75) is 19.3 Å². The smallest absolute Gasteiger partial charge is 0.250 e. The van der Waals surface area contributed by atoms with E-state index in [-0.39, 0.29) is 0 Å². The van der Waals surface area contributed by atoms with E-state index in [1.807, 2.05) is 0 Å². The van der Waals surface area contributed by atoms with Crippen molar-refractivity contribution in [3.63, 3.8) is 0 Å². The molecule has 5 nitrogen and oxygen atoms in total. The zero-order chi connectivity index (χ0) is 11.8. The number of primary amides is 1. The van der Waals surface area contributed by atoms with Gasteiger partial charge in [0.05, 0.1) is 5.56 Å². The quantitative estimate of drug-likeness (QED) is 0.592. The summed E-state index contributed by atoms with van der Waals surface area (Å²) >= 11 is 0. The van der Waals surface area contributed by atoms with E-state index < -0.39 is 5.91 Å². The van der Waals surface area contributed by atoms with Crippen LogP contribution in [0.2, 0.25) is 0 Å². The Labute approximate surface area is 95.2 Å². The number of carbonyl (C=O) groups is 1. The molecule has 0 aliphatic rings. The Hall–Kier alpha value is -1.62. The van der Waals surface area contributed by atoms with Crippen LogP contribution in [-0.4, -0.2) is 24.0 Å². The third-order valence-corrected chi connectivity index (χ3v) is 2.24. The third-order valence-electron chi connectivity index (χ3n) is 2.24. The van der Waals surface area contributed by atoms with Crippen molar-refractivity contribution in [1.82, 2.24) is 4.98 Å². The fourth-order valence-corrected chi connectivity index (χ4v) is 1.31. The molecule has 0 radical (unpaired) electrons. The maximum atomic E-state index is 10.8. The van der Waals surface area contributed by atoms with E-state index in [4.69, 9.17) is 11.5 Å². The minimum absolute atomic E-state index is 0.425. The Balaban J connectivity index is 2.29. The minimum Gasteiger partial charge on any atom is -0.370 e. The summed E-state index contributed by atoms with van der Waals surface area (Å²) in [6.45, 7) is 1.61. The van der Waals surface area contributed by atoms with Gasteiger partial charge in [0, 0.05) is 12.7 Å². The monoisotopic (exact) mass is 222 g/mol. The van der Waals surface area contributed by atoms with E-state index >= 15 is 0 Å². The molecule has 0 bridgehead atoms. The number of amides is 1. The Morgan fingerprint density at radius 2 is 2.12 bits per heavy atom. The SMILES string of the molecule is NCCCCCNc1ccc(C(N)=O)cn1. The highest BCUT2D eigenvalue weighted by Crippen LogP contribution is 2.05. The molecule has 1 amide bonds. The number of carbonyl (C=O) groups excluding carboxylic acids is 1. The van der Waals surface area contributed by atoms with Gasteiger partial charge in [-0.2, -0.15) is 0 Å². The van der Waals surface area contributed by atoms with Gasteiger partial charge in [0.15, 0.2) is 0 Å². The Bertz CT molecular complexity index is 323. The normalized spacial score (nSPS) is 10.1. The van der Waals surface area contributed by atoms with Gasteiger partial charge in [0.1, 0.15) is 5.82 Å². The Kier molecular flexibility index (Phi) is 5.28. The van der Waals surface area contributed by atoms with Gasteiger partial charge in [0.25, 0.3) is 0 Å². The van der Waals surface area contributed by atoms with E-state index in [1.165, 1.54) is 6.20 Å². The van der Waals surface area contributed by atoms with Gasteiger partial charge in [-0.1, -0.05) is 6.42 Å². The maximum absolute atomic E-state index is 10.8. The fraction of sp³-hybridized carbons (Fsp3) is 0.455. The lowest BCUT2D eigenvalue weighted by Gasteiger charge is -2.05. The molecule has 1 heterocycles. The number of nitrogens with two attached hydrogens (primary N) is 2. The zero-order valence-corrected chi connectivity index (χ0v) is 9.28. The van der Waals surface area contributed by atoms with E-state index in [9.17, 15) is 4.79 Å². The van der Waals surface area contributed by atoms with Crippen LogP contribution in [0, 0.1) is 0 Å². The standard InChI is InChI=1S/C11H18N4O/c12-6-2-1-3-7-14-10-5-4-9(8-15-10)11(13)16/h4-5,8H,1-3,6-7,12H2,(H2,13,16)(H,14,15). The molecule has 5 N–H and O–H groups in total. The average Bonchev–Trinajstić information content (AvgIpc) is 2.29. The first-order valence-corrected chi connectivity index (χ1v) is 5.44. The molecule has 0 saturated carbocycles. The van der Waals surface area contributed by atoms with E-state index in [0.29, 0.717) is 5.56 Å². The van der Waals surface area contributed by atoms with Crippen LogP contribution >= 0.6 is 0 Å². The largest absolute Gasteiger partial charge is 0.370 e. The molecule has 0 aromatic carbocycles. The molecular formula is C11H18N4O. The van der Waals surface area contributed by atoms with Crippen LogP contribution in [0.15, 0.2) is 18.3 Å². The van der Waals surface area contributed by atoms with Crippen LogP contribution in [0.25, 0.3) is 0 Å². The molecule has 1 rings (SSSR count). The summed E-state index contributed by atoms with van der Waals surface area (Å²) in [5, 5.41) is 3.17. The van der Waals surface area contributed by atoms with Crippen molar-refractivity contribution in [3.05, 3.63) is 23.9 Å². The number of hydrogen-bond donors (Lipinski definition) is 3. The summed E-state index contributed by atoms with van der Waals surface area (Å²) in [6.07, 6.45) is 4.71. The van der Waals surface area contributed by atoms with Gasteiger partial charge in [0.2, 0.25) is 5.91 Å².